The van der Waals surface area contributed by atoms with Gasteiger partial charge >= 0.3 is 0 Å². The van der Waals surface area contributed by atoms with Crippen molar-refractivity contribution in [3.05, 3.63) is 65.0 Å². The second-order valence-corrected chi connectivity index (χ2v) is 6.30. The minimum absolute atomic E-state index is 0.970. The second-order valence-electron chi connectivity index (χ2n) is 6.30. The van der Waals surface area contributed by atoms with Crippen molar-refractivity contribution in [2.45, 2.75) is 26.9 Å². The number of nitrogens with zero attached hydrogens (tertiary/aromatic N) is 3. The summed E-state index contributed by atoms with van der Waals surface area (Å²) in [6.45, 7) is 11.0. The van der Waals surface area contributed by atoms with E-state index >= 15 is 0 Å². The molecule has 1 saturated heterocycles. The van der Waals surface area contributed by atoms with E-state index < -0.39 is 0 Å². The highest BCUT2D eigenvalue weighted by atomic mass is 15.3. The maximum atomic E-state index is 4.43. The van der Waals surface area contributed by atoms with Crippen LogP contribution in [-0.4, -0.2) is 41.0 Å². The van der Waals surface area contributed by atoms with Gasteiger partial charge in [0.05, 0.1) is 5.69 Å². The quantitative estimate of drug-likeness (QED) is 0.864. The fourth-order valence-electron chi connectivity index (χ4n) is 3.04. The number of aromatic nitrogens is 1. The zero-order valence-corrected chi connectivity index (χ0v) is 13.6. The average Bonchev–Trinajstić information content (AvgIpc) is 2.54. The average molecular weight is 295 g/mol. The van der Waals surface area contributed by atoms with Crippen molar-refractivity contribution in [1.82, 2.24) is 14.8 Å². The van der Waals surface area contributed by atoms with Crippen molar-refractivity contribution in [3.63, 3.8) is 0 Å². The third kappa shape index (κ3) is 3.93. The van der Waals surface area contributed by atoms with Gasteiger partial charge in [-0.05, 0) is 37.1 Å². The lowest BCUT2D eigenvalue weighted by atomic mass is 10.0. The van der Waals surface area contributed by atoms with E-state index in [0.29, 0.717) is 0 Å². The highest BCUT2D eigenvalue weighted by Crippen LogP contribution is 2.15. The fourth-order valence-corrected chi connectivity index (χ4v) is 3.04. The number of benzene rings is 1. The Hall–Kier alpha value is -1.71. The summed E-state index contributed by atoms with van der Waals surface area (Å²) in [5, 5.41) is 0. The van der Waals surface area contributed by atoms with Gasteiger partial charge in [0, 0.05) is 45.5 Å². The maximum Gasteiger partial charge on any atom is 0.0543 e. The predicted octanol–water partition coefficient (Wildman–Crippen LogP) is 3.02. The molecule has 22 heavy (non-hydrogen) atoms. The Bertz CT molecular complexity index is 601. The first-order valence-corrected chi connectivity index (χ1v) is 8.11. The topological polar surface area (TPSA) is 19.4 Å². The van der Waals surface area contributed by atoms with Gasteiger partial charge in [-0.1, -0.05) is 29.8 Å². The summed E-state index contributed by atoms with van der Waals surface area (Å²) in [7, 11) is 0. The van der Waals surface area contributed by atoms with Crippen LogP contribution in [0, 0.1) is 13.8 Å². The number of aryl methyl sites for hydroxylation is 2. The zero-order chi connectivity index (χ0) is 15.4. The fraction of sp³-hybridized carbons (Fsp3) is 0.421. The molecule has 0 aliphatic carbocycles. The molecule has 3 heteroatoms. The zero-order valence-electron chi connectivity index (χ0n) is 13.6. The largest absolute Gasteiger partial charge is 0.297 e. The summed E-state index contributed by atoms with van der Waals surface area (Å²) >= 11 is 0. The molecule has 0 bridgehead atoms. The molecule has 0 radical (unpaired) electrons. The van der Waals surface area contributed by atoms with Crippen LogP contribution in [0.2, 0.25) is 0 Å². The first-order chi connectivity index (χ1) is 10.7. The van der Waals surface area contributed by atoms with Gasteiger partial charge in [-0.3, -0.25) is 14.8 Å². The number of hydrogen-bond donors (Lipinski definition) is 0. The lowest BCUT2D eigenvalue weighted by Gasteiger charge is -2.34. The van der Waals surface area contributed by atoms with Crippen molar-refractivity contribution >= 4 is 0 Å². The Balaban J connectivity index is 1.52. The SMILES string of the molecule is Cc1ccc(C)c(CN2CCN(Cc3ccccn3)CC2)c1. The van der Waals surface area contributed by atoms with Gasteiger partial charge in [0.2, 0.25) is 0 Å². The highest BCUT2D eigenvalue weighted by Gasteiger charge is 2.17. The maximum absolute atomic E-state index is 4.43. The van der Waals surface area contributed by atoms with Crippen LogP contribution < -0.4 is 0 Å². The standard InChI is InChI=1S/C19H25N3/c1-16-6-7-17(2)18(13-16)14-21-9-11-22(12-10-21)15-19-5-3-4-8-20-19/h3-8,13H,9-12,14-15H2,1-2H3. The van der Waals surface area contributed by atoms with Gasteiger partial charge < -0.3 is 0 Å². The van der Waals surface area contributed by atoms with Gasteiger partial charge in [-0.2, -0.15) is 0 Å². The Morgan fingerprint density at radius 1 is 0.909 bits per heavy atom. The van der Waals surface area contributed by atoms with Crippen LogP contribution in [0.4, 0.5) is 0 Å². The van der Waals surface area contributed by atoms with Crippen LogP contribution in [0.15, 0.2) is 42.6 Å². The van der Waals surface area contributed by atoms with Crippen molar-refractivity contribution in [2.75, 3.05) is 26.2 Å². The minimum Gasteiger partial charge on any atom is -0.297 e. The van der Waals surface area contributed by atoms with Crippen LogP contribution in [0.5, 0.6) is 0 Å². The van der Waals surface area contributed by atoms with Crippen molar-refractivity contribution in [3.8, 4) is 0 Å². The summed E-state index contributed by atoms with van der Waals surface area (Å²) in [5.74, 6) is 0. The summed E-state index contributed by atoms with van der Waals surface area (Å²) < 4.78 is 0. The Morgan fingerprint density at radius 3 is 2.32 bits per heavy atom. The highest BCUT2D eigenvalue weighted by molar-refractivity contribution is 5.30. The molecule has 1 aliphatic rings. The van der Waals surface area contributed by atoms with E-state index in [-0.39, 0.29) is 0 Å². The van der Waals surface area contributed by atoms with Gasteiger partial charge in [-0.15, -0.1) is 0 Å². The molecule has 0 unspecified atom stereocenters. The molecule has 0 N–H and O–H groups in total. The first kappa shape index (κ1) is 15.2. The lowest BCUT2D eigenvalue weighted by Crippen LogP contribution is -2.45. The molecule has 0 atom stereocenters. The summed E-state index contributed by atoms with van der Waals surface area (Å²) in [4.78, 5) is 9.49. The molecular weight excluding hydrogens is 270 g/mol. The molecule has 0 amide bonds. The van der Waals surface area contributed by atoms with Gasteiger partial charge in [0.1, 0.15) is 0 Å². The normalized spacial score (nSPS) is 16.8. The molecule has 3 rings (SSSR count). The van der Waals surface area contributed by atoms with E-state index in [9.17, 15) is 0 Å². The molecule has 2 heterocycles. The molecule has 3 nitrogen and oxygen atoms in total. The lowest BCUT2D eigenvalue weighted by molar-refractivity contribution is 0.121. The molecule has 1 aliphatic heterocycles. The molecule has 1 fully saturated rings. The van der Waals surface area contributed by atoms with E-state index in [1.807, 2.05) is 12.3 Å². The number of pyridine rings is 1. The van der Waals surface area contributed by atoms with E-state index in [4.69, 9.17) is 0 Å². The van der Waals surface area contributed by atoms with E-state index in [2.05, 4.69) is 59.0 Å². The van der Waals surface area contributed by atoms with Crippen LogP contribution in [0.3, 0.4) is 0 Å². The van der Waals surface area contributed by atoms with E-state index in [1.54, 1.807) is 0 Å². The van der Waals surface area contributed by atoms with Crippen molar-refractivity contribution < 1.29 is 0 Å². The number of rotatable bonds is 4. The summed E-state index contributed by atoms with van der Waals surface area (Å²) in [6, 6.07) is 12.9. The third-order valence-corrected chi connectivity index (χ3v) is 4.48. The van der Waals surface area contributed by atoms with Gasteiger partial charge in [-0.25, -0.2) is 0 Å². The van der Waals surface area contributed by atoms with Crippen molar-refractivity contribution in [1.29, 1.82) is 0 Å². The molecule has 2 aromatic rings. The summed E-state index contributed by atoms with van der Waals surface area (Å²) in [6.07, 6.45) is 1.88. The number of hydrogen-bond acceptors (Lipinski definition) is 3. The van der Waals surface area contributed by atoms with Gasteiger partial charge in [0.15, 0.2) is 0 Å². The molecule has 1 aromatic carbocycles. The van der Waals surface area contributed by atoms with E-state index in [0.717, 1.165) is 39.3 Å². The third-order valence-electron chi connectivity index (χ3n) is 4.48. The van der Waals surface area contributed by atoms with E-state index in [1.165, 1.54) is 22.4 Å². The van der Waals surface area contributed by atoms with Gasteiger partial charge in [0.25, 0.3) is 0 Å². The van der Waals surface area contributed by atoms with Crippen molar-refractivity contribution in [2.24, 2.45) is 0 Å². The molecule has 0 spiro atoms. The Labute approximate surface area is 133 Å². The van der Waals surface area contributed by atoms with Crippen LogP contribution in [-0.2, 0) is 13.1 Å². The Kier molecular flexibility index (Phi) is 4.86. The monoisotopic (exact) mass is 295 g/mol. The Morgan fingerprint density at radius 2 is 1.64 bits per heavy atom. The molecule has 116 valence electrons. The smallest absolute Gasteiger partial charge is 0.0543 e. The number of piperazine rings is 1. The van der Waals surface area contributed by atoms with Crippen LogP contribution >= 0.6 is 0 Å². The minimum atomic E-state index is 0.970. The predicted molar refractivity (Wildman–Crippen MR) is 90.7 cm³/mol. The first-order valence-electron chi connectivity index (χ1n) is 8.11. The second kappa shape index (κ2) is 7.03. The molecule has 1 aromatic heterocycles. The summed E-state index contributed by atoms with van der Waals surface area (Å²) in [5.41, 5.74) is 5.40. The van der Waals surface area contributed by atoms with Crippen LogP contribution in [0.1, 0.15) is 22.4 Å². The molecule has 0 saturated carbocycles. The molecular formula is C19H25N3. The van der Waals surface area contributed by atoms with Crippen LogP contribution in [0.25, 0.3) is 0 Å².